The maximum absolute atomic E-state index is 11.6. The van der Waals surface area contributed by atoms with E-state index in [9.17, 15) is 9.59 Å². The molecule has 0 bridgehead atoms. The van der Waals surface area contributed by atoms with Crippen LogP contribution in [0.4, 0.5) is 0 Å². The molecule has 2 unspecified atom stereocenters. The van der Waals surface area contributed by atoms with Crippen LogP contribution in [0.3, 0.4) is 0 Å². The van der Waals surface area contributed by atoms with Gasteiger partial charge in [-0.1, -0.05) is 20.8 Å². The summed E-state index contributed by atoms with van der Waals surface area (Å²) in [6.07, 6.45) is 3.56. The Kier molecular flexibility index (Phi) is 6.46. The fraction of sp³-hybridized carbons (Fsp3) is 0.867. The molecule has 2 atom stereocenters. The molecule has 20 heavy (non-hydrogen) atoms. The first kappa shape index (κ1) is 17.0. The normalized spacial score (nSPS) is 23.1. The molecule has 116 valence electrons. The monoisotopic (exact) mass is 285 g/mol. The molecule has 1 aliphatic rings. The van der Waals surface area contributed by atoms with Crippen molar-refractivity contribution < 1.29 is 19.4 Å². The van der Waals surface area contributed by atoms with Gasteiger partial charge in [0.25, 0.3) is 0 Å². The van der Waals surface area contributed by atoms with Crippen molar-refractivity contribution in [3.05, 3.63) is 0 Å². The second-order valence-electron chi connectivity index (χ2n) is 6.68. The summed E-state index contributed by atoms with van der Waals surface area (Å²) < 4.78 is 5.78. The zero-order valence-electron chi connectivity index (χ0n) is 12.8. The average Bonchev–Trinajstić information content (AvgIpc) is 2.30. The van der Waals surface area contributed by atoms with Gasteiger partial charge in [0, 0.05) is 19.4 Å². The summed E-state index contributed by atoms with van der Waals surface area (Å²) in [7, 11) is 0. The number of ether oxygens (including phenoxy) is 1. The first-order chi connectivity index (χ1) is 9.28. The summed E-state index contributed by atoms with van der Waals surface area (Å²) in [5.74, 6) is -1.06. The van der Waals surface area contributed by atoms with Crippen molar-refractivity contribution in [1.29, 1.82) is 0 Å². The molecule has 5 heteroatoms. The minimum atomic E-state index is -0.858. The SMILES string of the molecule is CC(CC(=O)O)CC(=O)NCCC1CCC(C)(C)CO1. The maximum atomic E-state index is 11.6. The Morgan fingerprint density at radius 2 is 2.10 bits per heavy atom. The van der Waals surface area contributed by atoms with Crippen LogP contribution in [0.2, 0.25) is 0 Å². The average molecular weight is 285 g/mol. The topological polar surface area (TPSA) is 75.6 Å². The van der Waals surface area contributed by atoms with E-state index >= 15 is 0 Å². The van der Waals surface area contributed by atoms with Crippen LogP contribution >= 0.6 is 0 Å². The number of amides is 1. The van der Waals surface area contributed by atoms with Crippen molar-refractivity contribution in [1.82, 2.24) is 5.32 Å². The summed E-state index contributed by atoms with van der Waals surface area (Å²) in [6.45, 7) is 7.56. The summed E-state index contributed by atoms with van der Waals surface area (Å²) >= 11 is 0. The van der Waals surface area contributed by atoms with Crippen LogP contribution < -0.4 is 5.32 Å². The predicted octanol–water partition coefficient (Wildman–Crippen LogP) is 2.20. The number of nitrogens with one attached hydrogen (secondary N) is 1. The number of rotatable bonds is 7. The third kappa shape index (κ3) is 6.89. The van der Waals surface area contributed by atoms with E-state index in [1.54, 1.807) is 6.92 Å². The molecule has 1 aliphatic heterocycles. The van der Waals surface area contributed by atoms with E-state index in [2.05, 4.69) is 19.2 Å². The number of carboxylic acids is 1. The molecule has 2 N–H and O–H groups in total. The van der Waals surface area contributed by atoms with Crippen LogP contribution in [0.15, 0.2) is 0 Å². The van der Waals surface area contributed by atoms with Gasteiger partial charge in [-0.25, -0.2) is 0 Å². The molecular formula is C15H27NO4. The maximum Gasteiger partial charge on any atom is 0.303 e. The molecule has 0 aromatic rings. The van der Waals surface area contributed by atoms with Gasteiger partial charge in [0.1, 0.15) is 0 Å². The van der Waals surface area contributed by atoms with E-state index in [-0.39, 0.29) is 36.2 Å². The van der Waals surface area contributed by atoms with Crippen molar-refractivity contribution in [3.63, 3.8) is 0 Å². The molecule has 1 rings (SSSR count). The van der Waals surface area contributed by atoms with Crippen molar-refractivity contribution in [2.75, 3.05) is 13.2 Å². The first-order valence-corrected chi connectivity index (χ1v) is 7.38. The fourth-order valence-corrected chi connectivity index (χ4v) is 2.41. The zero-order chi connectivity index (χ0) is 15.2. The third-order valence-electron chi connectivity index (χ3n) is 3.70. The minimum absolute atomic E-state index is 0.0360. The Bertz CT molecular complexity index is 331. The molecule has 1 heterocycles. The van der Waals surface area contributed by atoms with Gasteiger partial charge in [0.2, 0.25) is 5.91 Å². The van der Waals surface area contributed by atoms with Gasteiger partial charge >= 0.3 is 5.97 Å². The lowest BCUT2D eigenvalue weighted by Gasteiger charge is -2.34. The Morgan fingerprint density at radius 3 is 2.65 bits per heavy atom. The standard InChI is InChI=1S/C15H27NO4/c1-11(9-14(18)19)8-13(17)16-7-5-12-4-6-15(2,3)10-20-12/h11-12H,4-10H2,1-3H3,(H,16,17)(H,18,19). The summed E-state index contributed by atoms with van der Waals surface area (Å²) in [6, 6.07) is 0. The van der Waals surface area contributed by atoms with Gasteiger partial charge in [-0.2, -0.15) is 0 Å². The van der Waals surface area contributed by atoms with Gasteiger partial charge in [0.05, 0.1) is 12.7 Å². The molecular weight excluding hydrogens is 258 g/mol. The summed E-state index contributed by atoms with van der Waals surface area (Å²) in [5.41, 5.74) is 0.270. The molecule has 1 amide bonds. The highest BCUT2D eigenvalue weighted by atomic mass is 16.5. The highest BCUT2D eigenvalue weighted by Crippen LogP contribution is 2.30. The van der Waals surface area contributed by atoms with E-state index in [0.29, 0.717) is 6.54 Å². The van der Waals surface area contributed by atoms with Crippen LogP contribution in [0, 0.1) is 11.3 Å². The third-order valence-corrected chi connectivity index (χ3v) is 3.70. The summed E-state index contributed by atoms with van der Waals surface area (Å²) in [4.78, 5) is 22.2. The zero-order valence-corrected chi connectivity index (χ0v) is 12.8. The highest BCUT2D eigenvalue weighted by molar-refractivity contribution is 5.77. The summed E-state index contributed by atoms with van der Waals surface area (Å²) in [5, 5.41) is 11.5. The van der Waals surface area contributed by atoms with E-state index in [1.165, 1.54) is 0 Å². The minimum Gasteiger partial charge on any atom is -0.481 e. The first-order valence-electron chi connectivity index (χ1n) is 7.38. The molecule has 1 fully saturated rings. The van der Waals surface area contributed by atoms with Crippen molar-refractivity contribution in [2.45, 2.75) is 59.0 Å². The van der Waals surface area contributed by atoms with E-state index in [1.807, 2.05) is 0 Å². The van der Waals surface area contributed by atoms with Crippen LogP contribution in [-0.2, 0) is 14.3 Å². The number of carbonyl (C=O) groups excluding carboxylic acids is 1. The second kappa shape index (κ2) is 7.62. The van der Waals surface area contributed by atoms with E-state index in [0.717, 1.165) is 25.9 Å². The lowest BCUT2D eigenvalue weighted by Crippen LogP contribution is -2.35. The molecule has 0 radical (unpaired) electrons. The van der Waals surface area contributed by atoms with E-state index < -0.39 is 5.97 Å². The van der Waals surface area contributed by atoms with Crippen LogP contribution in [0.25, 0.3) is 0 Å². The number of hydrogen-bond acceptors (Lipinski definition) is 3. The van der Waals surface area contributed by atoms with Gasteiger partial charge in [-0.3, -0.25) is 9.59 Å². The largest absolute Gasteiger partial charge is 0.481 e. The lowest BCUT2D eigenvalue weighted by molar-refractivity contribution is -0.138. The van der Waals surface area contributed by atoms with Crippen molar-refractivity contribution in [3.8, 4) is 0 Å². The van der Waals surface area contributed by atoms with Crippen molar-refractivity contribution in [2.24, 2.45) is 11.3 Å². The molecule has 0 aromatic carbocycles. The highest BCUT2D eigenvalue weighted by Gasteiger charge is 2.27. The van der Waals surface area contributed by atoms with Crippen LogP contribution in [0.1, 0.15) is 52.9 Å². The lowest BCUT2D eigenvalue weighted by atomic mass is 9.85. The predicted molar refractivity (Wildman–Crippen MR) is 76.4 cm³/mol. The quantitative estimate of drug-likeness (QED) is 0.752. The van der Waals surface area contributed by atoms with Crippen LogP contribution in [0.5, 0.6) is 0 Å². The smallest absolute Gasteiger partial charge is 0.303 e. The molecule has 1 saturated heterocycles. The van der Waals surface area contributed by atoms with Gasteiger partial charge in [0.15, 0.2) is 0 Å². The van der Waals surface area contributed by atoms with Gasteiger partial charge < -0.3 is 15.2 Å². The molecule has 0 aliphatic carbocycles. The molecule has 5 nitrogen and oxygen atoms in total. The number of hydrogen-bond donors (Lipinski definition) is 2. The Balaban J connectivity index is 2.12. The Labute approximate surface area is 121 Å². The van der Waals surface area contributed by atoms with Gasteiger partial charge in [-0.15, -0.1) is 0 Å². The van der Waals surface area contributed by atoms with Crippen molar-refractivity contribution >= 4 is 11.9 Å². The van der Waals surface area contributed by atoms with E-state index in [4.69, 9.17) is 9.84 Å². The number of aliphatic carboxylic acids is 1. The molecule has 0 aromatic heterocycles. The fourth-order valence-electron chi connectivity index (χ4n) is 2.41. The number of carbonyl (C=O) groups is 2. The number of carboxylic acid groups (broad SMARTS) is 1. The van der Waals surface area contributed by atoms with Gasteiger partial charge in [-0.05, 0) is 30.6 Å². The molecule has 0 saturated carbocycles. The Hall–Kier alpha value is -1.10. The van der Waals surface area contributed by atoms with Crippen LogP contribution in [-0.4, -0.2) is 36.2 Å². The second-order valence-corrected chi connectivity index (χ2v) is 6.68. The Morgan fingerprint density at radius 1 is 1.40 bits per heavy atom. The molecule has 0 spiro atoms.